The zero-order chi connectivity index (χ0) is 30.6. The molecular formula is C27H27ClF3N3O7S. The Balaban J connectivity index is 1.62. The lowest BCUT2D eigenvalue weighted by molar-refractivity contribution is -0.137. The zero-order valence-corrected chi connectivity index (χ0v) is 23.8. The highest BCUT2D eigenvalue weighted by Gasteiger charge is 2.32. The number of ether oxygens (including phenoxy) is 4. The first-order valence-corrected chi connectivity index (χ1v) is 14.1. The van der Waals surface area contributed by atoms with Crippen molar-refractivity contribution in [1.29, 1.82) is 0 Å². The third-order valence-corrected chi connectivity index (χ3v) is 6.55. The molecule has 0 aliphatic heterocycles. The number of carbonyl (C=O) groups excluding carboxylic acids is 1. The average molecular weight is 630 g/mol. The first-order chi connectivity index (χ1) is 20.0. The normalized spacial score (nSPS) is 11.8. The lowest BCUT2D eigenvalue weighted by Crippen LogP contribution is -2.41. The number of carbonyl (C=O) groups is 1. The largest absolute Gasteiger partial charge is 0.491 e. The first kappa shape index (κ1) is 32.7. The summed E-state index contributed by atoms with van der Waals surface area (Å²) < 4.78 is 88.2. The molecule has 3 aromatic rings. The van der Waals surface area contributed by atoms with Crippen molar-refractivity contribution in [3.63, 3.8) is 0 Å². The molecule has 0 aliphatic carbocycles. The Kier molecular flexibility index (Phi) is 12.0. The van der Waals surface area contributed by atoms with Crippen molar-refractivity contribution in [2.45, 2.75) is 12.6 Å². The van der Waals surface area contributed by atoms with E-state index in [9.17, 15) is 26.4 Å². The number of nitrogens with zero attached hydrogens (tertiary/aromatic N) is 1. The summed E-state index contributed by atoms with van der Waals surface area (Å²) >= 11 is 5.99. The Morgan fingerprint density at radius 1 is 1.10 bits per heavy atom. The molecule has 226 valence electrons. The zero-order valence-electron chi connectivity index (χ0n) is 22.2. The van der Waals surface area contributed by atoms with Gasteiger partial charge in [-0.1, -0.05) is 48.0 Å². The minimum absolute atomic E-state index is 0.0677. The molecule has 0 aliphatic rings. The van der Waals surface area contributed by atoms with Crippen molar-refractivity contribution < 1.29 is 45.3 Å². The van der Waals surface area contributed by atoms with Gasteiger partial charge in [-0.25, -0.2) is 14.5 Å². The van der Waals surface area contributed by atoms with Gasteiger partial charge in [0.05, 0.1) is 12.2 Å². The van der Waals surface area contributed by atoms with Crippen LogP contribution in [0.3, 0.4) is 0 Å². The SMILES string of the molecule is COCCOc1ccc(/C=C/COC(=O)NS(=O)(=O)NCCc2ccccc2)c(Oc2ncc(C(F)(F)F)cc2Cl)c1. The van der Waals surface area contributed by atoms with Gasteiger partial charge in [0.25, 0.3) is 0 Å². The number of amides is 1. The van der Waals surface area contributed by atoms with Crippen LogP contribution in [0.2, 0.25) is 5.02 Å². The molecule has 2 N–H and O–H groups in total. The van der Waals surface area contributed by atoms with E-state index in [4.69, 9.17) is 30.5 Å². The van der Waals surface area contributed by atoms with Gasteiger partial charge in [0.2, 0.25) is 5.88 Å². The van der Waals surface area contributed by atoms with E-state index in [0.29, 0.717) is 36.6 Å². The molecule has 0 bridgehead atoms. The lowest BCUT2D eigenvalue weighted by atomic mass is 10.1. The summed E-state index contributed by atoms with van der Waals surface area (Å²) in [5.74, 6) is 0.196. The van der Waals surface area contributed by atoms with Gasteiger partial charge in [-0.3, -0.25) is 0 Å². The van der Waals surface area contributed by atoms with Gasteiger partial charge in [0, 0.05) is 31.5 Å². The molecular weight excluding hydrogens is 603 g/mol. The van der Waals surface area contributed by atoms with Crippen molar-refractivity contribution in [1.82, 2.24) is 14.4 Å². The first-order valence-electron chi connectivity index (χ1n) is 12.3. The molecule has 15 heteroatoms. The number of rotatable bonds is 14. The topological polar surface area (TPSA) is 125 Å². The van der Waals surface area contributed by atoms with Gasteiger partial charge in [-0.05, 0) is 36.3 Å². The Morgan fingerprint density at radius 2 is 1.86 bits per heavy atom. The quantitative estimate of drug-likeness (QED) is 0.228. The predicted octanol–water partition coefficient (Wildman–Crippen LogP) is 5.39. The van der Waals surface area contributed by atoms with Crippen LogP contribution in [-0.4, -0.2) is 53.0 Å². The van der Waals surface area contributed by atoms with Crippen LogP contribution in [0.1, 0.15) is 16.7 Å². The molecule has 0 spiro atoms. The van der Waals surface area contributed by atoms with Crippen molar-refractivity contribution in [3.05, 3.63) is 88.6 Å². The van der Waals surface area contributed by atoms with E-state index in [1.807, 2.05) is 30.3 Å². The van der Waals surface area contributed by atoms with Crippen LogP contribution in [-0.2, 0) is 32.3 Å². The van der Waals surface area contributed by atoms with Gasteiger partial charge < -0.3 is 18.9 Å². The maximum atomic E-state index is 13.0. The highest BCUT2D eigenvalue weighted by molar-refractivity contribution is 7.88. The summed E-state index contributed by atoms with van der Waals surface area (Å²) in [6, 6.07) is 14.5. The van der Waals surface area contributed by atoms with E-state index in [-0.39, 0.29) is 36.4 Å². The maximum Gasteiger partial charge on any atom is 0.422 e. The Bertz CT molecular complexity index is 1470. The fraction of sp³-hybridized carbons (Fsp3) is 0.259. The average Bonchev–Trinajstić information content (AvgIpc) is 2.93. The summed E-state index contributed by atoms with van der Waals surface area (Å²) in [4.78, 5) is 15.7. The second-order valence-corrected chi connectivity index (χ2v) is 10.3. The van der Waals surface area contributed by atoms with Crippen LogP contribution in [0.25, 0.3) is 6.08 Å². The fourth-order valence-electron chi connectivity index (χ4n) is 3.28. The molecule has 3 rings (SSSR count). The van der Waals surface area contributed by atoms with Crippen LogP contribution in [0.4, 0.5) is 18.0 Å². The number of aromatic nitrogens is 1. The van der Waals surface area contributed by atoms with E-state index < -0.39 is 28.0 Å². The smallest absolute Gasteiger partial charge is 0.422 e. The second-order valence-electron chi connectivity index (χ2n) is 8.39. The van der Waals surface area contributed by atoms with Crippen molar-refractivity contribution in [3.8, 4) is 17.4 Å². The standard InChI is InChI=1S/C27H27ClF3N3O7S/c1-38-14-15-39-22-10-9-20(24(17-22)41-25-23(28)16-21(18-32-25)27(29,30)31)8-5-13-40-26(35)34-42(36,37)33-12-11-19-6-3-2-4-7-19/h2-10,16-18,33H,11-15H2,1H3,(H,34,35)/b8-5+. The number of hydrogen-bond donors (Lipinski definition) is 2. The molecule has 2 aromatic carbocycles. The van der Waals surface area contributed by atoms with Gasteiger partial charge in [-0.15, -0.1) is 0 Å². The number of methoxy groups -OCH3 is 1. The molecule has 42 heavy (non-hydrogen) atoms. The van der Waals surface area contributed by atoms with E-state index >= 15 is 0 Å². The number of hydrogen-bond acceptors (Lipinski definition) is 8. The van der Waals surface area contributed by atoms with Crippen molar-refractivity contribution in [2.24, 2.45) is 0 Å². The van der Waals surface area contributed by atoms with Crippen molar-refractivity contribution >= 4 is 34.0 Å². The minimum Gasteiger partial charge on any atom is -0.491 e. The van der Waals surface area contributed by atoms with E-state index in [1.165, 1.54) is 25.3 Å². The minimum atomic E-state index is -4.64. The molecule has 1 aromatic heterocycles. The number of alkyl halides is 3. The number of halogens is 4. The lowest BCUT2D eigenvalue weighted by Gasteiger charge is -2.13. The Morgan fingerprint density at radius 3 is 2.55 bits per heavy atom. The van der Waals surface area contributed by atoms with E-state index in [2.05, 4.69) is 9.71 Å². The maximum absolute atomic E-state index is 13.0. The monoisotopic (exact) mass is 629 g/mol. The summed E-state index contributed by atoms with van der Waals surface area (Å²) in [7, 11) is -2.64. The third kappa shape index (κ3) is 10.9. The second kappa shape index (κ2) is 15.4. The van der Waals surface area contributed by atoms with Gasteiger partial charge >= 0.3 is 22.5 Å². The summed E-state index contributed by atoms with van der Waals surface area (Å²) in [6.45, 7) is 0.271. The summed E-state index contributed by atoms with van der Waals surface area (Å²) in [5, 5.41) is -0.371. The molecule has 1 amide bonds. The molecule has 0 saturated heterocycles. The summed E-state index contributed by atoms with van der Waals surface area (Å²) in [6.07, 6.45) is -1.95. The highest BCUT2D eigenvalue weighted by Crippen LogP contribution is 2.36. The van der Waals surface area contributed by atoms with Crippen LogP contribution in [0, 0.1) is 0 Å². The number of benzene rings is 2. The van der Waals surface area contributed by atoms with Crippen LogP contribution in [0.15, 0.2) is 66.9 Å². The Labute approximate surface area is 245 Å². The fourth-order valence-corrected chi connectivity index (χ4v) is 4.21. The van der Waals surface area contributed by atoms with E-state index in [0.717, 1.165) is 5.56 Å². The number of nitrogens with one attached hydrogen (secondary N) is 2. The molecule has 0 saturated carbocycles. The molecule has 0 unspecified atom stereocenters. The van der Waals surface area contributed by atoms with Crippen LogP contribution < -0.4 is 18.9 Å². The Hall–Kier alpha value is -3.85. The van der Waals surface area contributed by atoms with Crippen LogP contribution in [0.5, 0.6) is 17.4 Å². The molecule has 0 atom stereocenters. The van der Waals surface area contributed by atoms with E-state index in [1.54, 1.807) is 16.9 Å². The molecule has 0 fully saturated rings. The van der Waals surface area contributed by atoms with Gasteiger partial charge in [0.15, 0.2) is 0 Å². The highest BCUT2D eigenvalue weighted by atomic mass is 35.5. The molecule has 10 nitrogen and oxygen atoms in total. The number of pyridine rings is 1. The molecule has 1 heterocycles. The van der Waals surface area contributed by atoms with Crippen LogP contribution >= 0.6 is 11.6 Å². The predicted molar refractivity (Wildman–Crippen MR) is 149 cm³/mol. The van der Waals surface area contributed by atoms with Gasteiger partial charge in [0.1, 0.15) is 29.7 Å². The van der Waals surface area contributed by atoms with Crippen molar-refractivity contribution in [2.75, 3.05) is 33.5 Å². The molecule has 0 radical (unpaired) electrons. The summed E-state index contributed by atoms with van der Waals surface area (Å²) in [5.41, 5.74) is 0.272. The van der Waals surface area contributed by atoms with Gasteiger partial charge in [-0.2, -0.15) is 26.3 Å². The third-order valence-electron chi connectivity index (χ3n) is 5.26.